The van der Waals surface area contributed by atoms with Crippen molar-refractivity contribution in [2.75, 3.05) is 26.2 Å². The van der Waals surface area contributed by atoms with Gasteiger partial charge in [-0.3, -0.25) is 14.6 Å². The summed E-state index contributed by atoms with van der Waals surface area (Å²) in [5.41, 5.74) is 1.12. The van der Waals surface area contributed by atoms with E-state index in [9.17, 15) is 4.79 Å². The van der Waals surface area contributed by atoms with Gasteiger partial charge in [0.1, 0.15) is 11.0 Å². The van der Waals surface area contributed by atoms with E-state index >= 15 is 0 Å². The van der Waals surface area contributed by atoms with E-state index in [1.165, 1.54) is 4.88 Å². The molecule has 0 saturated carbocycles. The number of hydrogen-bond donors (Lipinski definition) is 1. The van der Waals surface area contributed by atoms with E-state index in [2.05, 4.69) is 16.8 Å². The summed E-state index contributed by atoms with van der Waals surface area (Å²) in [5.74, 6) is -0.736. The van der Waals surface area contributed by atoms with Gasteiger partial charge in [-0.05, 0) is 20.8 Å². The number of hydrogen-bond acceptors (Lipinski definition) is 5. The van der Waals surface area contributed by atoms with Crippen molar-refractivity contribution in [2.45, 2.75) is 33.4 Å². The lowest BCUT2D eigenvalue weighted by Gasteiger charge is -2.36. The summed E-state index contributed by atoms with van der Waals surface area (Å²) in [6.07, 6.45) is 0. The number of aromatic nitrogens is 1. The zero-order valence-electron chi connectivity index (χ0n) is 11.7. The molecule has 1 saturated heterocycles. The fraction of sp³-hybridized carbons (Fsp3) is 0.692. The quantitative estimate of drug-likeness (QED) is 0.904. The summed E-state index contributed by atoms with van der Waals surface area (Å²) >= 11 is 1.76. The maximum Gasteiger partial charge on any atom is 0.320 e. The fourth-order valence-corrected chi connectivity index (χ4v) is 3.24. The van der Waals surface area contributed by atoms with Crippen LogP contribution in [0.4, 0.5) is 0 Å². The molecular weight excluding hydrogens is 262 g/mol. The molecule has 2 heterocycles. The van der Waals surface area contributed by atoms with Crippen molar-refractivity contribution in [3.05, 3.63) is 15.6 Å². The van der Waals surface area contributed by atoms with Gasteiger partial charge in [0.25, 0.3) is 0 Å². The summed E-state index contributed by atoms with van der Waals surface area (Å²) in [6.45, 7) is 10.2. The number of piperazine rings is 1. The molecule has 1 N–H and O–H groups in total. The zero-order valence-corrected chi connectivity index (χ0v) is 12.5. The highest BCUT2D eigenvalue weighted by Gasteiger charge is 2.25. The second-order valence-corrected chi connectivity index (χ2v) is 6.36. The highest BCUT2D eigenvalue weighted by molar-refractivity contribution is 7.11. The predicted molar refractivity (Wildman–Crippen MR) is 75.5 cm³/mol. The number of carbonyl (C=O) groups is 1. The van der Waals surface area contributed by atoms with Gasteiger partial charge in [-0.1, -0.05) is 0 Å². The lowest BCUT2D eigenvalue weighted by Crippen LogP contribution is -2.51. The summed E-state index contributed by atoms with van der Waals surface area (Å²) in [7, 11) is 0. The Morgan fingerprint density at radius 2 is 2.00 bits per heavy atom. The molecule has 0 spiro atoms. The number of nitrogens with zero attached hydrogens (tertiary/aromatic N) is 3. The molecule has 1 unspecified atom stereocenters. The normalized spacial score (nSPS) is 19.5. The number of carboxylic acids is 1. The third-order valence-corrected chi connectivity index (χ3v) is 4.80. The van der Waals surface area contributed by atoms with E-state index in [-0.39, 0.29) is 6.04 Å². The number of thiazole rings is 1. The fourth-order valence-electron chi connectivity index (χ4n) is 2.26. The van der Waals surface area contributed by atoms with Gasteiger partial charge in [-0.2, -0.15) is 0 Å². The molecule has 19 heavy (non-hydrogen) atoms. The predicted octanol–water partition coefficient (Wildman–Crippen LogP) is 1.35. The van der Waals surface area contributed by atoms with Crippen molar-refractivity contribution >= 4 is 17.3 Å². The van der Waals surface area contributed by atoms with Crippen LogP contribution < -0.4 is 0 Å². The Bertz CT molecular complexity index is 433. The van der Waals surface area contributed by atoms with E-state index in [1.807, 2.05) is 11.8 Å². The van der Waals surface area contributed by atoms with Gasteiger partial charge in [-0.15, -0.1) is 11.3 Å². The topological polar surface area (TPSA) is 56.7 Å². The van der Waals surface area contributed by atoms with Gasteiger partial charge in [0, 0.05) is 31.1 Å². The van der Waals surface area contributed by atoms with Crippen LogP contribution in [-0.4, -0.2) is 58.1 Å². The summed E-state index contributed by atoms with van der Waals surface area (Å²) in [6, 6.07) is -0.383. The zero-order chi connectivity index (χ0) is 14.0. The Balaban J connectivity index is 1.85. The average Bonchev–Trinajstić information content (AvgIpc) is 2.68. The lowest BCUT2D eigenvalue weighted by molar-refractivity contribution is -0.143. The minimum absolute atomic E-state index is 0.383. The van der Waals surface area contributed by atoms with Crippen LogP contribution >= 0.6 is 11.3 Å². The molecule has 5 nitrogen and oxygen atoms in total. The highest BCUT2D eigenvalue weighted by Crippen LogP contribution is 2.19. The van der Waals surface area contributed by atoms with Crippen LogP contribution in [0.2, 0.25) is 0 Å². The first-order valence-electron chi connectivity index (χ1n) is 6.59. The first-order valence-corrected chi connectivity index (χ1v) is 7.41. The number of aliphatic carboxylic acids is 1. The maximum absolute atomic E-state index is 10.9. The second-order valence-electron chi connectivity index (χ2n) is 5.08. The first kappa shape index (κ1) is 14.4. The largest absolute Gasteiger partial charge is 0.480 e. The van der Waals surface area contributed by atoms with Crippen LogP contribution in [0.5, 0.6) is 0 Å². The van der Waals surface area contributed by atoms with Crippen molar-refractivity contribution in [2.24, 2.45) is 0 Å². The molecule has 6 heteroatoms. The smallest absolute Gasteiger partial charge is 0.320 e. The van der Waals surface area contributed by atoms with Crippen LogP contribution in [0.15, 0.2) is 0 Å². The molecule has 1 aliphatic rings. The SMILES string of the molecule is Cc1nc(CN2CCN(C(C)C(=O)O)CC2)sc1C. The van der Waals surface area contributed by atoms with E-state index in [1.54, 1.807) is 18.3 Å². The van der Waals surface area contributed by atoms with Gasteiger partial charge in [0.2, 0.25) is 0 Å². The summed E-state index contributed by atoms with van der Waals surface area (Å²) < 4.78 is 0. The van der Waals surface area contributed by atoms with E-state index in [4.69, 9.17) is 5.11 Å². The van der Waals surface area contributed by atoms with Gasteiger partial charge in [0.15, 0.2) is 0 Å². The van der Waals surface area contributed by atoms with Gasteiger partial charge < -0.3 is 5.11 Å². The van der Waals surface area contributed by atoms with Crippen molar-refractivity contribution < 1.29 is 9.90 Å². The van der Waals surface area contributed by atoms with Crippen LogP contribution in [0.25, 0.3) is 0 Å². The maximum atomic E-state index is 10.9. The number of aryl methyl sites for hydroxylation is 2. The molecule has 1 fully saturated rings. The minimum atomic E-state index is -0.736. The molecule has 1 aliphatic heterocycles. The molecule has 2 rings (SSSR count). The van der Waals surface area contributed by atoms with Crippen LogP contribution in [-0.2, 0) is 11.3 Å². The molecule has 106 valence electrons. The molecule has 0 bridgehead atoms. The van der Waals surface area contributed by atoms with E-state index in [0.717, 1.165) is 43.4 Å². The Hall–Kier alpha value is -0.980. The molecule has 0 radical (unpaired) electrons. The molecule has 1 atom stereocenters. The van der Waals surface area contributed by atoms with Crippen LogP contribution in [0.1, 0.15) is 22.5 Å². The van der Waals surface area contributed by atoms with Crippen LogP contribution in [0, 0.1) is 13.8 Å². The van der Waals surface area contributed by atoms with E-state index < -0.39 is 5.97 Å². The molecule has 0 amide bonds. The monoisotopic (exact) mass is 283 g/mol. The molecule has 0 aromatic carbocycles. The molecular formula is C13H21N3O2S. The van der Waals surface area contributed by atoms with Gasteiger partial charge >= 0.3 is 5.97 Å². The van der Waals surface area contributed by atoms with Crippen molar-refractivity contribution in [3.63, 3.8) is 0 Å². The second kappa shape index (κ2) is 5.98. The standard InChI is InChI=1S/C13H21N3O2S/c1-9-11(3)19-12(14-9)8-15-4-6-16(7-5-15)10(2)13(17)18/h10H,4-8H2,1-3H3,(H,17,18). The Kier molecular flexibility index (Phi) is 4.54. The molecule has 0 aliphatic carbocycles. The van der Waals surface area contributed by atoms with Crippen molar-refractivity contribution in [1.82, 2.24) is 14.8 Å². The number of carboxylic acid groups (broad SMARTS) is 1. The van der Waals surface area contributed by atoms with Crippen LogP contribution in [0.3, 0.4) is 0 Å². The van der Waals surface area contributed by atoms with Gasteiger partial charge in [0.05, 0.1) is 12.2 Å². The Morgan fingerprint density at radius 1 is 1.37 bits per heavy atom. The Labute approximate surface area is 117 Å². The number of rotatable bonds is 4. The van der Waals surface area contributed by atoms with Gasteiger partial charge in [-0.25, -0.2) is 4.98 Å². The third kappa shape index (κ3) is 3.52. The van der Waals surface area contributed by atoms with Crippen molar-refractivity contribution in [3.8, 4) is 0 Å². The average molecular weight is 283 g/mol. The third-order valence-electron chi connectivity index (χ3n) is 3.74. The lowest BCUT2D eigenvalue weighted by atomic mass is 10.2. The summed E-state index contributed by atoms with van der Waals surface area (Å²) in [5, 5.41) is 10.2. The van der Waals surface area contributed by atoms with E-state index in [0.29, 0.717) is 0 Å². The molecule has 1 aromatic rings. The van der Waals surface area contributed by atoms with Crippen molar-refractivity contribution in [1.29, 1.82) is 0 Å². The molecule has 1 aromatic heterocycles. The summed E-state index contributed by atoms with van der Waals surface area (Å²) in [4.78, 5) is 21.2. The highest BCUT2D eigenvalue weighted by atomic mass is 32.1. The minimum Gasteiger partial charge on any atom is -0.480 e. The Morgan fingerprint density at radius 3 is 2.47 bits per heavy atom. The first-order chi connectivity index (χ1) is 8.97.